The Kier molecular flexibility index (Phi) is 4.54. The second kappa shape index (κ2) is 7.15. The molecule has 3 heterocycles. The van der Waals surface area contributed by atoms with Crippen molar-refractivity contribution in [1.29, 1.82) is 0 Å². The molecule has 1 aromatic carbocycles. The standard InChI is InChI=1S/C21H20N4O2/c1-15(26)24-9-11-25(12-10-24)21(27)18-13-20(16-5-4-8-22-14-16)23-19-7-3-2-6-17(18)19/h2-8,13-14H,9-12H2,1H3. The Balaban J connectivity index is 1.72. The number of benzene rings is 1. The molecule has 6 heteroatoms. The molecule has 0 atom stereocenters. The first kappa shape index (κ1) is 17.1. The van der Waals surface area contributed by atoms with E-state index >= 15 is 0 Å². The number of rotatable bonds is 2. The summed E-state index contributed by atoms with van der Waals surface area (Å²) in [6.07, 6.45) is 3.46. The Morgan fingerprint density at radius 2 is 1.70 bits per heavy atom. The van der Waals surface area contributed by atoms with Gasteiger partial charge in [-0.2, -0.15) is 0 Å². The third-order valence-electron chi connectivity index (χ3n) is 4.92. The molecule has 3 aromatic rings. The Hall–Kier alpha value is -3.28. The van der Waals surface area contributed by atoms with Crippen LogP contribution in [0.5, 0.6) is 0 Å². The van der Waals surface area contributed by atoms with E-state index in [0.717, 1.165) is 22.2 Å². The van der Waals surface area contributed by atoms with Gasteiger partial charge in [0, 0.05) is 56.4 Å². The average Bonchev–Trinajstić information content (AvgIpc) is 2.73. The quantitative estimate of drug-likeness (QED) is 0.705. The number of fused-ring (bicyclic) bond motifs is 1. The highest BCUT2D eigenvalue weighted by molar-refractivity contribution is 6.07. The molecule has 0 N–H and O–H groups in total. The van der Waals surface area contributed by atoms with Crippen LogP contribution in [-0.4, -0.2) is 57.8 Å². The molecule has 6 nitrogen and oxygen atoms in total. The van der Waals surface area contributed by atoms with Gasteiger partial charge in [-0.1, -0.05) is 18.2 Å². The summed E-state index contributed by atoms with van der Waals surface area (Å²) >= 11 is 0. The molecule has 1 aliphatic rings. The fraction of sp³-hybridized carbons (Fsp3) is 0.238. The summed E-state index contributed by atoms with van der Waals surface area (Å²) in [5.74, 6) is 0.0252. The topological polar surface area (TPSA) is 66.4 Å². The number of amides is 2. The zero-order chi connectivity index (χ0) is 18.8. The van der Waals surface area contributed by atoms with Gasteiger partial charge in [-0.05, 0) is 24.3 Å². The lowest BCUT2D eigenvalue weighted by atomic mass is 10.0. The summed E-state index contributed by atoms with van der Waals surface area (Å²) in [4.78, 5) is 37.2. The normalized spacial score (nSPS) is 14.4. The van der Waals surface area contributed by atoms with E-state index in [0.29, 0.717) is 31.7 Å². The van der Waals surface area contributed by atoms with E-state index in [1.54, 1.807) is 24.2 Å². The molecule has 0 aliphatic carbocycles. The predicted molar refractivity (Wildman–Crippen MR) is 103 cm³/mol. The zero-order valence-electron chi connectivity index (χ0n) is 15.1. The minimum atomic E-state index is -0.0260. The van der Waals surface area contributed by atoms with Crippen LogP contribution in [0.3, 0.4) is 0 Å². The van der Waals surface area contributed by atoms with Gasteiger partial charge in [-0.15, -0.1) is 0 Å². The predicted octanol–water partition coefficient (Wildman–Crippen LogP) is 2.60. The largest absolute Gasteiger partial charge is 0.339 e. The van der Waals surface area contributed by atoms with Gasteiger partial charge < -0.3 is 9.80 Å². The molecule has 0 radical (unpaired) electrons. The van der Waals surface area contributed by atoms with E-state index < -0.39 is 0 Å². The van der Waals surface area contributed by atoms with Crippen molar-refractivity contribution in [2.75, 3.05) is 26.2 Å². The van der Waals surface area contributed by atoms with Crippen molar-refractivity contribution in [3.8, 4) is 11.3 Å². The van der Waals surface area contributed by atoms with Gasteiger partial charge in [0.25, 0.3) is 5.91 Å². The molecule has 0 bridgehead atoms. The van der Waals surface area contributed by atoms with Gasteiger partial charge in [0.2, 0.25) is 5.91 Å². The van der Waals surface area contributed by atoms with Gasteiger partial charge in [-0.25, -0.2) is 4.98 Å². The number of carbonyl (C=O) groups excluding carboxylic acids is 2. The summed E-state index contributed by atoms with van der Waals surface area (Å²) in [7, 11) is 0. The summed E-state index contributed by atoms with van der Waals surface area (Å²) in [6.45, 7) is 3.78. The number of para-hydroxylation sites is 1. The third-order valence-corrected chi connectivity index (χ3v) is 4.92. The lowest BCUT2D eigenvalue weighted by Gasteiger charge is -2.34. The van der Waals surface area contributed by atoms with Gasteiger partial charge in [0.15, 0.2) is 0 Å². The maximum Gasteiger partial charge on any atom is 0.254 e. The minimum Gasteiger partial charge on any atom is -0.339 e. The minimum absolute atomic E-state index is 0.0260. The smallest absolute Gasteiger partial charge is 0.254 e. The molecule has 1 saturated heterocycles. The number of piperazine rings is 1. The number of carbonyl (C=O) groups is 2. The van der Waals surface area contributed by atoms with Crippen molar-refractivity contribution in [2.45, 2.75) is 6.92 Å². The van der Waals surface area contributed by atoms with Crippen molar-refractivity contribution in [1.82, 2.24) is 19.8 Å². The number of pyridine rings is 2. The second-order valence-corrected chi connectivity index (χ2v) is 6.61. The van der Waals surface area contributed by atoms with Crippen LogP contribution in [0.25, 0.3) is 22.2 Å². The van der Waals surface area contributed by atoms with Gasteiger partial charge in [0.05, 0.1) is 16.8 Å². The van der Waals surface area contributed by atoms with Crippen LogP contribution in [0.15, 0.2) is 54.9 Å². The summed E-state index contributed by atoms with van der Waals surface area (Å²) in [5.41, 5.74) is 3.02. The van der Waals surface area contributed by atoms with Crippen molar-refractivity contribution in [2.24, 2.45) is 0 Å². The molecule has 0 spiro atoms. The molecule has 2 aromatic heterocycles. The molecule has 0 saturated carbocycles. The number of aromatic nitrogens is 2. The van der Waals surface area contributed by atoms with Gasteiger partial charge in [-0.3, -0.25) is 14.6 Å². The summed E-state index contributed by atoms with van der Waals surface area (Å²) in [6, 6.07) is 13.3. The lowest BCUT2D eigenvalue weighted by Crippen LogP contribution is -2.50. The van der Waals surface area contributed by atoms with Crippen LogP contribution in [-0.2, 0) is 4.79 Å². The molecular formula is C21H20N4O2. The van der Waals surface area contributed by atoms with Crippen LogP contribution < -0.4 is 0 Å². The van der Waals surface area contributed by atoms with Crippen LogP contribution in [0.4, 0.5) is 0 Å². The van der Waals surface area contributed by atoms with E-state index in [9.17, 15) is 9.59 Å². The van der Waals surface area contributed by atoms with E-state index in [-0.39, 0.29) is 11.8 Å². The maximum atomic E-state index is 13.3. The number of nitrogens with zero attached hydrogens (tertiary/aromatic N) is 4. The van der Waals surface area contributed by atoms with Crippen molar-refractivity contribution >= 4 is 22.7 Å². The first-order valence-corrected chi connectivity index (χ1v) is 8.98. The monoisotopic (exact) mass is 360 g/mol. The molecular weight excluding hydrogens is 340 g/mol. The van der Waals surface area contributed by atoms with Crippen molar-refractivity contribution in [3.63, 3.8) is 0 Å². The Bertz CT molecular complexity index is 995. The molecule has 4 rings (SSSR count). The maximum absolute atomic E-state index is 13.3. The van der Waals surface area contributed by atoms with Crippen molar-refractivity contribution < 1.29 is 9.59 Å². The number of hydrogen-bond acceptors (Lipinski definition) is 4. The van der Waals surface area contributed by atoms with Crippen LogP contribution in [0.2, 0.25) is 0 Å². The second-order valence-electron chi connectivity index (χ2n) is 6.61. The molecule has 27 heavy (non-hydrogen) atoms. The Morgan fingerprint density at radius 3 is 2.41 bits per heavy atom. The Labute approximate surface area is 157 Å². The average molecular weight is 360 g/mol. The highest BCUT2D eigenvalue weighted by atomic mass is 16.2. The molecule has 2 amide bonds. The van der Waals surface area contributed by atoms with Gasteiger partial charge >= 0.3 is 0 Å². The van der Waals surface area contributed by atoms with Crippen LogP contribution >= 0.6 is 0 Å². The SMILES string of the molecule is CC(=O)N1CCN(C(=O)c2cc(-c3cccnc3)nc3ccccc23)CC1. The highest BCUT2D eigenvalue weighted by Crippen LogP contribution is 2.25. The van der Waals surface area contributed by atoms with E-state index in [1.807, 2.05) is 47.4 Å². The summed E-state index contributed by atoms with van der Waals surface area (Å²) in [5, 5.41) is 0.837. The zero-order valence-corrected chi connectivity index (χ0v) is 15.1. The fourth-order valence-electron chi connectivity index (χ4n) is 3.41. The van der Waals surface area contributed by atoms with Crippen LogP contribution in [0, 0.1) is 0 Å². The Morgan fingerprint density at radius 1 is 0.963 bits per heavy atom. The van der Waals surface area contributed by atoms with Crippen LogP contribution in [0.1, 0.15) is 17.3 Å². The fourth-order valence-corrected chi connectivity index (χ4v) is 3.41. The molecule has 1 fully saturated rings. The first-order valence-electron chi connectivity index (χ1n) is 8.98. The molecule has 1 aliphatic heterocycles. The highest BCUT2D eigenvalue weighted by Gasteiger charge is 2.25. The lowest BCUT2D eigenvalue weighted by molar-refractivity contribution is -0.130. The first-order chi connectivity index (χ1) is 13.1. The van der Waals surface area contributed by atoms with E-state index in [4.69, 9.17) is 4.98 Å². The molecule has 136 valence electrons. The van der Waals surface area contributed by atoms with E-state index in [1.165, 1.54) is 0 Å². The third kappa shape index (κ3) is 3.38. The summed E-state index contributed by atoms with van der Waals surface area (Å²) < 4.78 is 0. The van der Waals surface area contributed by atoms with Gasteiger partial charge in [0.1, 0.15) is 0 Å². The number of hydrogen-bond donors (Lipinski definition) is 0. The molecule has 0 unspecified atom stereocenters. The van der Waals surface area contributed by atoms with Crippen molar-refractivity contribution in [3.05, 3.63) is 60.4 Å². The van der Waals surface area contributed by atoms with E-state index in [2.05, 4.69) is 4.98 Å².